The van der Waals surface area contributed by atoms with Gasteiger partial charge in [0.05, 0.1) is 21.8 Å². The van der Waals surface area contributed by atoms with E-state index in [4.69, 9.17) is 21.6 Å². The number of benzene rings is 3. The molecule has 0 amide bonds. The van der Waals surface area contributed by atoms with Crippen molar-refractivity contribution in [2.24, 2.45) is 0 Å². The molecular formula is C28H22ClN3O2. The zero-order valence-electron chi connectivity index (χ0n) is 18.6. The lowest BCUT2D eigenvalue weighted by Gasteiger charge is -2.16. The van der Waals surface area contributed by atoms with Gasteiger partial charge in [0.1, 0.15) is 18.4 Å². The SMILES string of the molecule is Cc1c(CNc2cc(OCc3cncc(C#N)c3)c(C=O)cc2Cl)cccc1-c1ccccc1. The molecule has 0 unspecified atom stereocenters. The van der Waals surface area contributed by atoms with Crippen molar-refractivity contribution in [1.29, 1.82) is 5.26 Å². The minimum absolute atomic E-state index is 0.169. The Morgan fingerprint density at radius 1 is 1.09 bits per heavy atom. The van der Waals surface area contributed by atoms with Crippen LogP contribution in [0.25, 0.3) is 11.1 Å². The fourth-order valence-electron chi connectivity index (χ4n) is 3.71. The molecule has 4 rings (SSSR count). The number of anilines is 1. The fraction of sp³-hybridized carbons (Fsp3) is 0.107. The molecule has 0 saturated heterocycles. The van der Waals surface area contributed by atoms with Crippen LogP contribution in [0.4, 0.5) is 5.69 Å². The van der Waals surface area contributed by atoms with E-state index >= 15 is 0 Å². The summed E-state index contributed by atoms with van der Waals surface area (Å²) in [6.07, 6.45) is 3.82. The summed E-state index contributed by atoms with van der Waals surface area (Å²) < 4.78 is 5.88. The highest BCUT2D eigenvalue weighted by Gasteiger charge is 2.12. The van der Waals surface area contributed by atoms with Crippen molar-refractivity contribution in [1.82, 2.24) is 4.98 Å². The lowest BCUT2D eigenvalue weighted by atomic mass is 9.96. The molecule has 4 aromatic rings. The van der Waals surface area contributed by atoms with Crippen LogP contribution in [0.15, 0.2) is 79.1 Å². The van der Waals surface area contributed by atoms with Crippen molar-refractivity contribution in [3.05, 3.63) is 112 Å². The number of halogens is 1. The molecule has 5 nitrogen and oxygen atoms in total. The number of carbonyl (C=O) groups is 1. The summed E-state index contributed by atoms with van der Waals surface area (Å²) in [6.45, 7) is 2.83. The van der Waals surface area contributed by atoms with Gasteiger partial charge in [0.25, 0.3) is 0 Å². The number of aromatic nitrogens is 1. The third-order valence-corrected chi connectivity index (χ3v) is 5.86. The third-order valence-electron chi connectivity index (χ3n) is 5.54. The quantitative estimate of drug-likeness (QED) is 0.296. The number of rotatable bonds is 8. The summed E-state index contributed by atoms with van der Waals surface area (Å²) in [6, 6.07) is 23.6. The summed E-state index contributed by atoms with van der Waals surface area (Å²) >= 11 is 6.45. The standard InChI is InChI=1S/C28H22ClN3O2/c1-19-23(8-5-9-25(19)22-6-3-2-4-7-22)16-32-27-12-28(24(17-33)11-26(27)29)34-18-21-10-20(13-30)14-31-15-21/h2-12,14-15,17,32H,16,18H2,1H3. The first-order chi connectivity index (χ1) is 16.6. The maximum absolute atomic E-state index is 11.6. The topological polar surface area (TPSA) is 75.0 Å². The maximum Gasteiger partial charge on any atom is 0.153 e. The molecule has 0 aliphatic rings. The van der Waals surface area contributed by atoms with Gasteiger partial charge in [0.2, 0.25) is 0 Å². The van der Waals surface area contributed by atoms with Gasteiger partial charge < -0.3 is 10.1 Å². The van der Waals surface area contributed by atoms with Crippen LogP contribution in [-0.2, 0) is 13.2 Å². The molecule has 0 atom stereocenters. The van der Waals surface area contributed by atoms with Crippen LogP contribution in [0.5, 0.6) is 5.75 Å². The zero-order chi connectivity index (χ0) is 23.9. The number of nitrogens with zero attached hydrogens (tertiary/aromatic N) is 2. The van der Waals surface area contributed by atoms with Crippen molar-refractivity contribution in [3.8, 4) is 22.9 Å². The van der Waals surface area contributed by atoms with Gasteiger partial charge in [-0.25, -0.2) is 0 Å². The molecule has 0 fully saturated rings. The predicted octanol–water partition coefficient (Wildman–Crippen LogP) is 6.59. The number of nitrogens with one attached hydrogen (secondary N) is 1. The molecule has 6 heteroatoms. The second kappa shape index (κ2) is 10.7. The number of pyridine rings is 1. The number of carbonyl (C=O) groups excluding carboxylic acids is 1. The highest BCUT2D eigenvalue weighted by Crippen LogP contribution is 2.32. The number of hydrogen-bond acceptors (Lipinski definition) is 5. The van der Waals surface area contributed by atoms with Gasteiger partial charge in [-0.15, -0.1) is 0 Å². The molecular weight excluding hydrogens is 446 g/mol. The first kappa shape index (κ1) is 23.0. The van der Waals surface area contributed by atoms with Gasteiger partial charge in [0.15, 0.2) is 6.29 Å². The number of ether oxygens (including phenoxy) is 1. The Labute approximate surface area is 203 Å². The van der Waals surface area contributed by atoms with Gasteiger partial charge in [-0.2, -0.15) is 5.26 Å². The number of aldehydes is 1. The Morgan fingerprint density at radius 3 is 2.68 bits per heavy atom. The molecule has 0 saturated carbocycles. The Kier molecular flexibility index (Phi) is 7.22. The molecule has 0 aliphatic heterocycles. The molecule has 1 heterocycles. The minimum Gasteiger partial charge on any atom is -0.488 e. The van der Waals surface area contributed by atoms with E-state index in [0.717, 1.165) is 11.1 Å². The highest BCUT2D eigenvalue weighted by atomic mass is 35.5. The van der Waals surface area contributed by atoms with Gasteiger partial charge in [-0.05, 0) is 41.3 Å². The van der Waals surface area contributed by atoms with E-state index in [2.05, 4.69) is 47.6 Å². The molecule has 3 aromatic carbocycles. The monoisotopic (exact) mass is 467 g/mol. The van der Waals surface area contributed by atoms with Crippen LogP contribution in [-0.4, -0.2) is 11.3 Å². The first-order valence-electron chi connectivity index (χ1n) is 10.7. The van der Waals surface area contributed by atoms with Gasteiger partial charge >= 0.3 is 0 Å². The summed E-state index contributed by atoms with van der Waals surface area (Å²) in [7, 11) is 0. The van der Waals surface area contributed by atoms with Crippen LogP contribution in [0, 0.1) is 18.3 Å². The average molecular weight is 468 g/mol. The molecule has 0 radical (unpaired) electrons. The first-order valence-corrected chi connectivity index (χ1v) is 11.1. The predicted molar refractivity (Wildman–Crippen MR) is 134 cm³/mol. The van der Waals surface area contributed by atoms with Crippen LogP contribution < -0.4 is 10.1 Å². The number of hydrogen-bond donors (Lipinski definition) is 1. The molecule has 0 aliphatic carbocycles. The Morgan fingerprint density at radius 2 is 1.91 bits per heavy atom. The van der Waals surface area contributed by atoms with E-state index in [1.165, 1.54) is 22.9 Å². The summed E-state index contributed by atoms with van der Waals surface area (Å²) in [5.74, 6) is 0.402. The van der Waals surface area contributed by atoms with Crippen LogP contribution >= 0.6 is 11.6 Å². The smallest absolute Gasteiger partial charge is 0.153 e. The average Bonchev–Trinajstić information content (AvgIpc) is 2.88. The molecule has 34 heavy (non-hydrogen) atoms. The summed E-state index contributed by atoms with van der Waals surface area (Å²) in [5, 5.41) is 12.9. The summed E-state index contributed by atoms with van der Waals surface area (Å²) in [5.41, 5.74) is 6.86. The normalized spacial score (nSPS) is 10.4. The third kappa shape index (κ3) is 5.25. The van der Waals surface area contributed by atoms with Gasteiger partial charge in [-0.3, -0.25) is 9.78 Å². The largest absolute Gasteiger partial charge is 0.488 e. The van der Waals surface area contributed by atoms with E-state index < -0.39 is 0 Å². The molecule has 0 bridgehead atoms. The van der Waals surface area contributed by atoms with E-state index in [9.17, 15) is 4.79 Å². The minimum atomic E-state index is 0.169. The zero-order valence-corrected chi connectivity index (χ0v) is 19.3. The Bertz CT molecular complexity index is 1360. The summed E-state index contributed by atoms with van der Waals surface area (Å²) in [4.78, 5) is 15.6. The van der Waals surface area contributed by atoms with E-state index in [0.29, 0.717) is 40.4 Å². The van der Waals surface area contributed by atoms with Crippen LogP contribution in [0.3, 0.4) is 0 Å². The van der Waals surface area contributed by atoms with Crippen molar-refractivity contribution in [2.45, 2.75) is 20.1 Å². The number of nitriles is 1. The van der Waals surface area contributed by atoms with E-state index in [1.807, 2.05) is 24.3 Å². The second-order valence-electron chi connectivity index (χ2n) is 7.78. The fourth-order valence-corrected chi connectivity index (χ4v) is 3.94. The lowest BCUT2D eigenvalue weighted by Crippen LogP contribution is -2.05. The van der Waals surface area contributed by atoms with Gasteiger partial charge in [-0.1, -0.05) is 60.1 Å². The van der Waals surface area contributed by atoms with Crippen molar-refractivity contribution in [3.63, 3.8) is 0 Å². The highest BCUT2D eigenvalue weighted by molar-refractivity contribution is 6.33. The Hall–Kier alpha value is -4.14. The van der Waals surface area contributed by atoms with E-state index in [-0.39, 0.29) is 6.61 Å². The lowest BCUT2D eigenvalue weighted by molar-refractivity contribution is 0.111. The molecule has 168 valence electrons. The maximum atomic E-state index is 11.6. The van der Waals surface area contributed by atoms with Crippen LogP contribution in [0.1, 0.15) is 32.6 Å². The van der Waals surface area contributed by atoms with Gasteiger partial charge in [0, 0.05) is 30.6 Å². The Balaban J connectivity index is 1.54. The van der Waals surface area contributed by atoms with Crippen LogP contribution in [0.2, 0.25) is 5.02 Å². The van der Waals surface area contributed by atoms with E-state index in [1.54, 1.807) is 24.4 Å². The van der Waals surface area contributed by atoms with Crippen molar-refractivity contribution in [2.75, 3.05) is 5.32 Å². The molecule has 1 aromatic heterocycles. The van der Waals surface area contributed by atoms with Crippen molar-refractivity contribution < 1.29 is 9.53 Å². The van der Waals surface area contributed by atoms with Crippen molar-refractivity contribution >= 4 is 23.6 Å². The molecule has 1 N–H and O–H groups in total. The second-order valence-corrected chi connectivity index (χ2v) is 8.19. The molecule has 0 spiro atoms.